The third-order valence-electron chi connectivity index (χ3n) is 6.75. The first kappa shape index (κ1) is 21.0. The van der Waals surface area contributed by atoms with Crippen LogP contribution in [0.1, 0.15) is 40.7 Å². The molecule has 0 amide bonds. The minimum atomic E-state index is -3.44. The number of hydrogen-bond donors (Lipinski definition) is 2. The summed E-state index contributed by atoms with van der Waals surface area (Å²) in [6.07, 6.45) is 5.64. The molecule has 0 aromatic heterocycles. The van der Waals surface area contributed by atoms with Crippen LogP contribution in [-0.2, 0) is 23.0 Å². The minimum Gasteiger partial charge on any atom is -0.496 e. The predicted molar refractivity (Wildman–Crippen MR) is 125 cm³/mol. The second-order valence-corrected chi connectivity index (χ2v) is 10.6. The van der Waals surface area contributed by atoms with Gasteiger partial charge in [0, 0.05) is 18.3 Å². The highest BCUT2D eigenvalue weighted by atomic mass is 32.2. The number of anilines is 1. The molecule has 0 radical (unpaired) electrons. The van der Waals surface area contributed by atoms with E-state index in [0.29, 0.717) is 17.5 Å². The zero-order chi connectivity index (χ0) is 22.6. The van der Waals surface area contributed by atoms with Crippen LogP contribution in [-0.4, -0.2) is 50.3 Å². The Morgan fingerprint density at radius 3 is 2.59 bits per heavy atom. The third-order valence-corrected chi connectivity index (χ3v) is 7.35. The molecule has 0 bridgehead atoms. The number of carbonyl (C=O) groups is 1. The second kappa shape index (κ2) is 7.64. The summed E-state index contributed by atoms with van der Waals surface area (Å²) < 4.78 is 31.6. The van der Waals surface area contributed by atoms with Crippen LogP contribution in [0.2, 0.25) is 0 Å². The van der Waals surface area contributed by atoms with Crippen molar-refractivity contribution in [3.8, 4) is 5.75 Å². The molecule has 2 N–H and O–H groups in total. The number of sulfonamides is 1. The quantitative estimate of drug-likeness (QED) is 0.579. The molecular weight excluding hydrogens is 428 g/mol. The van der Waals surface area contributed by atoms with E-state index >= 15 is 0 Å². The summed E-state index contributed by atoms with van der Waals surface area (Å²) in [5.41, 5.74) is 3.04. The van der Waals surface area contributed by atoms with E-state index in [1.54, 1.807) is 18.2 Å². The SMILES string of the molecule is COc1cc2c3c(c4ccc(NS(C)(=O)=O)cc4c2cc1C(=O)O)CN1CCCCC1C3. The van der Waals surface area contributed by atoms with Crippen LogP contribution >= 0.6 is 0 Å². The lowest BCUT2D eigenvalue weighted by Gasteiger charge is -2.41. The molecule has 32 heavy (non-hydrogen) atoms. The second-order valence-electron chi connectivity index (χ2n) is 8.82. The Morgan fingerprint density at radius 2 is 1.88 bits per heavy atom. The first-order valence-electron chi connectivity index (χ1n) is 10.8. The third kappa shape index (κ3) is 3.57. The molecule has 1 atom stereocenters. The van der Waals surface area contributed by atoms with Gasteiger partial charge in [0.2, 0.25) is 10.0 Å². The smallest absolute Gasteiger partial charge is 0.339 e. The first-order chi connectivity index (χ1) is 15.2. The van der Waals surface area contributed by atoms with E-state index in [1.807, 2.05) is 12.1 Å². The van der Waals surface area contributed by atoms with Crippen molar-refractivity contribution < 1.29 is 23.1 Å². The molecule has 5 rings (SSSR count). The zero-order valence-electron chi connectivity index (χ0n) is 18.1. The maximum absolute atomic E-state index is 11.9. The van der Waals surface area contributed by atoms with Crippen LogP contribution in [0.3, 0.4) is 0 Å². The van der Waals surface area contributed by atoms with Crippen molar-refractivity contribution >= 4 is 43.2 Å². The van der Waals surface area contributed by atoms with Gasteiger partial charge in [-0.15, -0.1) is 0 Å². The predicted octanol–water partition coefficient (Wildman–Crippen LogP) is 3.98. The van der Waals surface area contributed by atoms with E-state index in [0.717, 1.165) is 47.3 Å². The number of fused-ring (bicyclic) bond motifs is 7. The van der Waals surface area contributed by atoms with Gasteiger partial charge in [0.05, 0.1) is 13.4 Å². The number of ether oxygens (including phenoxy) is 1. The number of carboxylic acids is 1. The van der Waals surface area contributed by atoms with Crippen molar-refractivity contribution in [1.82, 2.24) is 4.90 Å². The van der Waals surface area contributed by atoms with Crippen LogP contribution in [0.4, 0.5) is 5.69 Å². The van der Waals surface area contributed by atoms with E-state index < -0.39 is 16.0 Å². The van der Waals surface area contributed by atoms with Crippen LogP contribution < -0.4 is 9.46 Å². The van der Waals surface area contributed by atoms with E-state index in [4.69, 9.17) is 4.74 Å². The Balaban J connectivity index is 1.84. The van der Waals surface area contributed by atoms with E-state index in [2.05, 4.69) is 9.62 Å². The highest BCUT2D eigenvalue weighted by molar-refractivity contribution is 7.92. The molecule has 2 aliphatic heterocycles. The van der Waals surface area contributed by atoms with Crippen molar-refractivity contribution in [1.29, 1.82) is 0 Å². The van der Waals surface area contributed by atoms with Crippen LogP contribution in [0.5, 0.6) is 5.75 Å². The fourth-order valence-corrected chi connectivity index (χ4v) is 5.93. The number of carboxylic acid groups (broad SMARTS) is 1. The molecule has 8 heteroatoms. The van der Waals surface area contributed by atoms with Gasteiger partial charge in [0.1, 0.15) is 11.3 Å². The summed E-state index contributed by atoms with van der Waals surface area (Å²) in [6, 6.07) is 9.53. The van der Waals surface area contributed by atoms with Crippen molar-refractivity contribution in [3.05, 3.63) is 47.0 Å². The van der Waals surface area contributed by atoms with Crippen molar-refractivity contribution in [2.75, 3.05) is 24.6 Å². The number of nitrogens with one attached hydrogen (secondary N) is 1. The van der Waals surface area contributed by atoms with Crippen molar-refractivity contribution in [3.63, 3.8) is 0 Å². The molecule has 2 aliphatic rings. The topological polar surface area (TPSA) is 95.9 Å². The minimum absolute atomic E-state index is 0.0952. The van der Waals surface area contributed by atoms with Crippen LogP contribution in [0.15, 0.2) is 30.3 Å². The van der Waals surface area contributed by atoms with Crippen molar-refractivity contribution in [2.24, 2.45) is 0 Å². The van der Waals surface area contributed by atoms with E-state index in [9.17, 15) is 18.3 Å². The molecule has 0 aliphatic carbocycles. The summed E-state index contributed by atoms with van der Waals surface area (Å²) in [5.74, 6) is -0.721. The van der Waals surface area contributed by atoms with Gasteiger partial charge in [-0.2, -0.15) is 0 Å². The molecule has 3 aromatic carbocycles. The molecule has 0 spiro atoms. The highest BCUT2D eigenvalue weighted by Crippen LogP contribution is 2.42. The Hall–Kier alpha value is -2.84. The molecule has 7 nitrogen and oxygen atoms in total. The van der Waals surface area contributed by atoms with Gasteiger partial charge in [0.15, 0.2) is 0 Å². The monoisotopic (exact) mass is 454 g/mol. The van der Waals surface area contributed by atoms with Crippen LogP contribution in [0, 0.1) is 0 Å². The Morgan fingerprint density at radius 1 is 1.09 bits per heavy atom. The van der Waals surface area contributed by atoms with E-state index in [1.165, 1.54) is 37.5 Å². The number of benzene rings is 3. The Kier molecular flexibility index (Phi) is 5.02. The fraction of sp³-hybridized carbons (Fsp3) is 0.375. The summed E-state index contributed by atoms with van der Waals surface area (Å²) in [5, 5.41) is 13.4. The number of methoxy groups -OCH3 is 1. The molecule has 2 heterocycles. The molecule has 1 unspecified atom stereocenters. The maximum atomic E-state index is 11.9. The molecule has 1 fully saturated rings. The number of hydrogen-bond acceptors (Lipinski definition) is 5. The van der Waals surface area contributed by atoms with E-state index in [-0.39, 0.29) is 5.56 Å². The molecule has 0 saturated carbocycles. The highest BCUT2D eigenvalue weighted by Gasteiger charge is 2.31. The standard InChI is InChI=1S/C24H26N2O5S/c1-31-23-12-20-18-10-15-5-3-4-8-26(15)13-22(18)16-7-6-14(25-32(2,29)30)9-17(16)19(20)11-21(23)24(27)28/h6-7,9,11-12,15,25H,3-5,8,10,13H2,1-2H3,(H,27,28). The fourth-order valence-electron chi connectivity index (χ4n) is 5.37. The maximum Gasteiger partial charge on any atom is 0.339 e. The van der Waals surface area contributed by atoms with Gasteiger partial charge in [-0.1, -0.05) is 12.5 Å². The van der Waals surface area contributed by atoms with Gasteiger partial charge in [-0.3, -0.25) is 9.62 Å². The number of aromatic carboxylic acids is 1. The Bertz CT molecular complexity index is 1370. The molecule has 3 aromatic rings. The van der Waals surface area contributed by atoms with Gasteiger partial charge in [-0.05, 0) is 82.7 Å². The molecule has 168 valence electrons. The number of rotatable bonds is 4. The van der Waals surface area contributed by atoms with Crippen molar-refractivity contribution in [2.45, 2.75) is 38.3 Å². The summed E-state index contributed by atoms with van der Waals surface area (Å²) in [6.45, 7) is 1.92. The summed E-state index contributed by atoms with van der Waals surface area (Å²) in [4.78, 5) is 14.5. The van der Waals surface area contributed by atoms with Crippen LogP contribution in [0.25, 0.3) is 21.5 Å². The average molecular weight is 455 g/mol. The lowest BCUT2D eigenvalue weighted by molar-refractivity contribution is 0.0693. The molecular formula is C24H26N2O5S. The Labute approximate surface area is 187 Å². The van der Waals surface area contributed by atoms with Gasteiger partial charge >= 0.3 is 5.97 Å². The first-order valence-corrected chi connectivity index (χ1v) is 12.7. The lowest BCUT2D eigenvalue weighted by atomic mass is 9.82. The van der Waals surface area contributed by atoms with Gasteiger partial charge in [0.25, 0.3) is 0 Å². The molecule has 1 saturated heterocycles. The summed E-state index contributed by atoms with van der Waals surface area (Å²) in [7, 11) is -1.95. The number of nitrogens with zero attached hydrogens (tertiary/aromatic N) is 1. The normalized spacial score (nSPS) is 18.9. The average Bonchev–Trinajstić information content (AvgIpc) is 2.76. The van der Waals surface area contributed by atoms with Gasteiger partial charge < -0.3 is 9.84 Å². The lowest BCUT2D eigenvalue weighted by Crippen LogP contribution is -2.43. The largest absolute Gasteiger partial charge is 0.496 e. The summed E-state index contributed by atoms with van der Waals surface area (Å²) >= 11 is 0. The van der Waals surface area contributed by atoms with Gasteiger partial charge in [-0.25, -0.2) is 13.2 Å². The zero-order valence-corrected chi connectivity index (χ0v) is 19.0. The number of piperidine rings is 1.